The van der Waals surface area contributed by atoms with Gasteiger partial charge in [-0.25, -0.2) is 0 Å². The quantitative estimate of drug-likeness (QED) is 0.901. The first-order chi connectivity index (χ1) is 8.65. The number of piperidine rings is 1. The van der Waals surface area contributed by atoms with Gasteiger partial charge in [0.25, 0.3) is 0 Å². The summed E-state index contributed by atoms with van der Waals surface area (Å²) in [5.41, 5.74) is 1.30. The van der Waals surface area contributed by atoms with Crippen molar-refractivity contribution in [1.82, 2.24) is 10.2 Å². The molecule has 1 heterocycles. The number of benzene rings is 1. The Morgan fingerprint density at radius 2 is 2.11 bits per heavy atom. The average molecular weight is 267 g/mol. The molecule has 1 aromatic carbocycles. The fourth-order valence-corrected chi connectivity index (χ4v) is 2.79. The summed E-state index contributed by atoms with van der Waals surface area (Å²) >= 11 is 5.89. The van der Waals surface area contributed by atoms with Crippen LogP contribution in [0.15, 0.2) is 24.3 Å². The predicted molar refractivity (Wildman–Crippen MR) is 78.0 cm³/mol. The number of hydrogen-bond donors (Lipinski definition) is 1. The monoisotopic (exact) mass is 266 g/mol. The Morgan fingerprint density at radius 1 is 1.39 bits per heavy atom. The van der Waals surface area contributed by atoms with Crippen LogP contribution in [0.4, 0.5) is 0 Å². The molecule has 1 aromatic rings. The van der Waals surface area contributed by atoms with Crippen LogP contribution in [-0.4, -0.2) is 31.1 Å². The minimum Gasteiger partial charge on any atom is -0.310 e. The lowest BCUT2D eigenvalue weighted by Gasteiger charge is -2.34. The van der Waals surface area contributed by atoms with Crippen molar-refractivity contribution in [3.8, 4) is 0 Å². The Labute approximate surface area is 115 Å². The Bertz CT molecular complexity index is 363. The van der Waals surface area contributed by atoms with Gasteiger partial charge in [0.1, 0.15) is 0 Å². The molecule has 1 N–H and O–H groups in total. The number of nitrogens with one attached hydrogen (secondary N) is 1. The summed E-state index contributed by atoms with van der Waals surface area (Å²) < 4.78 is 0. The van der Waals surface area contributed by atoms with Crippen molar-refractivity contribution in [3.05, 3.63) is 34.9 Å². The molecular formula is C15H23ClN2. The minimum atomic E-state index is 0.573. The summed E-state index contributed by atoms with van der Waals surface area (Å²) in [5, 5.41) is 4.45. The fraction of sp³-hybridized carbons (Fsp3) is 0.600. The van der Waals surface area contributed by atoms with Crippen LogP contribution in [0.2, 0.25) is 5.02 Å². The molecule has 0 spiro atoms. The Hall–Kier alpha value is -0.570. The molecule has 0 amide bonds. The second kappa shape index (κ2) is 6.55. The Morgan fingerprint density at radius 3 is 2.78 bits per heavy atom. The minimum absolute atomic E-state index is 0.573. The lowest BCUT2D eigenvalue weighted by molar-refractivity contribution is 0.178. The molecule has 0 radical (unpaired) electrons. The molecule has 3 heteroatoms. The maximum Gasteiger partial charge on any atom is 0.0406 e. The molecule has 1 aliphatic heterocycles. The number of likely N-dealkylation sites (tertiary alicyclic amines) is 1. The van der Waals surface area contributed by atoms with E-state index in [4.69, 9.17) is 11.6 Å². The van der Waals surface area contributed by atoms with Gasteiger partial charge in [-0.2, -0.15) is 0 Å². The molecule has 0 bridgehead atoms. The highest BCUT2D eigenvalue weighted by Gasteiger charge is 2.22. The molecule has 2 rings (SSSR count). The zero-order chi connectivity index (χ0) is 13.0. The van der Waals surface area contributed by atoms with Crippen LogP contribution >= 0.6 is 11.6 Å². The molecule has 0 saturated carbocycles. The standard InChI is InChI=1S/C15H23ClN2/c1-12(14-4-3-9-18(2)11-14)17-10-13-5-7-15(16)8-6-13/h5-8,12,14,17H,3-4,9-11H2,1-2H3. The smallest absolute Gasteiger partial charge is 0.0406 e. The van der Waals surface area contributed by atoms with Crippen molar-refractivity contribution in [3.63, 3.8) is 0 Å². The lowest BCUT2D eigenvalue weighted by Crippen LogP contribution is -2.42. The molecule has 18 heavy (non-hydrogen) atoms. The summed E-state index contributed by atoms with van der Waals surface area (Å²) in [6.45, 7) is 5.70. The number of halogens is 1. The van der Waals surface area contributed by atoms with E-state index < -0.39 is 0 Å². The van der Waals surface area contributed by atoms with E-state index in [1.165, 1.54) is 31.5 Å². The fourth-order valence-electron chi connectivity index (χ4n) is 2.66. The number of hydrogen-bond acceptors (Lipinski definition) is 2. The normalized spacial score (nSPS) is 22.9. The Balaban J connectivity index is 1.80. The van der Waals surface area contributed by atoms with Crippen LogP contribution in [0.25, 0.3) is 0 Å². The van der Waals surface area contributed by atoms with Crippen molar-refractivity contribution in [2.45, 2.75) is 32.4 Å². The van der Waals surface area contributed by atoms with Gasteiger partial charge in [0.05, 0.1) is 0 Å². The summed E-state index contributed by atoms with van der Waals surface area (Å²) in [7, 11) is 2.22. The molecule has 2 atom stereocenters. The van der Waals surface area contributed by atoms with Crippen molar-refractivity contribution >= 4 is 11.6 Å². The van der Waals surface area contributed by atoms with Crippen molar-refractivity contribution in [1.29, 1.82) is 0 Å². The van der Waals surface area contributed by atoms with Crippen LogP contribution in [0.3, 0.4) is 0 Å². The summed E-state index contributed by atoms with van der Waals surface area (Å²) in [5.74, 6) is 0.774. The number of rotatable bonds is 4. The zero-order valence-corrected chi connectivity index (χ0v) is 12.1. The van der Waals surface area contributed by atoms with Crippen LogP contribution in [0.5, 0.6) is 0 Å². The SMILES string of the molecule is CC(NCc1ccc(Cl)cc1)C1CCCN(C)C1. The van der Waals surface area contributed by atoms with Crippen LogP contribution in [0.1, 0.15) is 25.3 Å². The van der Waals surface area contributed by atoms with E-state index in [9.17, 15) is 0 Å². The molecule has 0 aliphatic carbocycles. The van der Waals surface area contributed by atoms with E-state index in [0.717, 1.165) is 17.5 Å². The van der Waals surface area contributed by atoms with E-state index in [2.05, 4.69) is 36.3 Å². The lowest BCUT2D eigenvalue weighted by atomic mass is 9.92. The van der Waals surface area contributed by atoms with Crippen LogP contribution in [-0.2, 0) is 6.54 Å². The van der Waals surface area contributed by atoms with Crippen LogP contribution < -0.4 is 5.32 Å². The third kappa shape index (κ3) is 3.98. The predicted octanol–water partition coefficient (Wildman–Crippen LogP) is 3.16. The largest absolute Gasteiger partial charge is 0.310 e. The molecule has 1 fully saturated rings. The van der Waals surface area contributed by atoms with Gasteiger partial charge >= 0.3 is 0 Å². The molecule has 1 saturated heterocycles. The van der Waals surface area contributed by atoms with Gasteiger partial charge in [-0.1, -0.05) is 23.7 Å². The van der Waals surface area contributed by atoms with E-state index in [1.807, 2.05) is 12.1 Å². The van der Waals surface area contributed by atoms with E-state index in [-0.39, 0.29) is 0 Å². The maximum absolute atomic E-state index is 5.89. The van der Waals surface area contributed by atoms with Gasteiger partial charge < -0.3 is 10.2 Å². The summed E-state index contributed by atoms with van der Waals surface area (Å²) in [6, 6.07) is 8.67. The second-order valence-electron chi connectivity index (χ2n) is 5.46. The van der Waals surface area contributed by atoms with E-state index in [0.29, 0.717) is 6.04 Å². The molecule has 0 aromatic heterocycles. The highest BCUT2D eigenvalue weighted by molar-refractivity contribution is 6.30. The number of nitrogens with zero attached hydrogens (tertiary/aromatic N) is 1. The first-order valence-electron chi connectivity index (χ1n) is 6.81. The first-order valence-corrected chi connectivity index (χ1v) is 7.19. The van der Waals surface area contributed by atoms with E-state index >= 15 is 0 Å². The maximum atomic E-state index is 5.89. The summed E-state index contributed by atoms with van der Waals surface area (Å²) in [6.07, 6.45) is 2.67. The van der Waals surface area contributed by atoms with Gasteiger partial charge in [0.15, 0.2) is 0 Å². The van der Waals surface area contributed by atoms with Gasteiger partial charge in [0.2, 0.25) is 0 Å². The third-order valence-electron chi connectivity index (χ3n) is 3.91. The van der Waals surface area contributed by atoms with Crippen molar-refractivity contribution in [2.24, 2.45) is 5.92 Å². The zero-order valence-electron chi connectivity index (χ0n) is 11.3. The van der Waals surface area contributed by atoms with Gasteiger partial charge in [-0.3, -0.25) is 0 Å². The highest BCUT2D eigenvalue weighted by Crippen LogP contribution is 2.19. The first kappa shape index (κ1) is 13.9. The van der Waals surface area contributed by atoms with Crippen LogP contribution in [0, 0.1) is 5.92 Å². The van der Waals surface area contributed by atoms with Gasteiger partial charge in [-0.05, 0) is 57.0 Å². The molecule has 100 valence electrons. The molecule has 2 nitrogen and oxygen atoms in total. The molecule has 1 aliphatic rings. The highest BCUT2D eigenvalue weighted by atomic mass is 35.5. The van der Waals surface area contributed by atoms with Crippen molar-refractivity contribution < 1.29 is 0 Å². The summed E-state index contributed by atoms with van der Waals surface area (Å²) in [4.78, 5) is 2.44. The molecule has 2 unspecified atom stereocenters. The van der Waals surface area contributed by atoms with E-state index in [1.54, 1.807) is 0 Å². The van der Waals surface area contributed by atoms with Crippen molar-refractivity contribution in [2.75, 3.05) is 20.1 Å². The van der Waals surface area contributed by atoms with Gasteiger partial charge in [0, 0.05) is 24.2 Å². The third-order valence-corrected chi connectivity index (χ3v) is 4.16. The molecular weight excluding hydrogens is 244 g/mol. The topological polar surface area (TPSA) is 15.3 Å². The average Bonchev–Trinajstić information content (AvgIpc) is 2.38. The second-order valence-corrected chi connectivity index (χ2v) is 5.90. The Kier molecular flexibility index (Phi) is 5.04. The van der Waals surface area contributed by atoms with Gasteiger partial charge in [-0.15, -0.1) is 0 Å².